The van der Waals surface area contributed by atoms with E-state index < -0.39 is 90.8 Å². The highest BCUT2D eigenvalue weighted by molar-refractivity contribution is 7.80. The number of thiol groups is 1. The largest absolute Gasteiger partial charge is 0.475 e. The van der Waals surface area contributed by atoms with E-state index in [0.29, 0.717) is 12.2 Å². The van der Waals surface area contributed by atoms with Gasteiger partial charge in [0, 0.05) is 35.8 Å². The number of aliphatic hydroxyl groups excluding tert-OH is 1. The first-order valence-corrected chi connectivity index (χ1v) is 20.3. The molecule has 0 aliphatic carbocycles. The molecule has 6 radical (unpaired) electrons. The lowest BCUT2D eigenvalue weighted by molar-refractivity contribution is -0.0851. The molecule has 3 heterocycles. The first-order chi connectivity index (χ1) is 22.7. The maximum Gasteiger partial charge on any atom is 0.475 e. The predicted molar refractivity (Wildman–Crippen MR) is 174 cm³/mol. The smallest absolute Gasteiger partial charge is 0.396 e. The van der Waals surface area contributed by atoms with Crippen LogP contribution >= 0.6 is 36.1 Å². The summed E-state index contributed by atoms with van der Waals surface area (Å²) in [6.45, 7) is 5.02. The van der Waals surface area contributed by atoms with E-state index in [1.165, 1.54) is 0 Å². The molecule has 0 amide bonds. The van der Waals surface area contributed by atoms with Crippen molar-refractivity contribution in [1.82, 2.24) is 0 Å². The van der Waals surface area contributed by atoms with Gasteiger partial charge in [-0.3, -0.25) is 31.7 Å². The van der Waals surface area contributed by atoms with Gasteiger partial charge in [-0.2, -0.15) is 12.6 Å². The van der Waals surface area contributed by atoms with Crippen LogP contribution in [-0.2, 0) is 59.6 Å². The number of hydrogen-bond acceptors (Lipinski definition) is 15. The normalized spacial score (nSPS) is 35.1. The summed E-state index contributed by atoms with van der Waals surface area (Å²) in [5.74, 6) is -1.80. The first kappa shape index (κ1) is 42.6. The van der Waals surface area contributed by atoms with Crippen molar-refractivity contribution in [1.29, 1.82) is 0 Å². The lowest BCUT2D eigenvalue weighted by Gasteiger charge is -2.37. The van der Waals surface area contributed by atoms with Gasteiger partial charge in [0.25, 0.3) is 0 Å². The molecule has 0 spiro atoms. The van der Waals surface area contributed by atoms with Crippen LogP contribution in [-0.4, -0.2) is 140 Å². The molecule has 3 aliphatic rings. The molecule has 268 valence electrons. The van der Waals surface area contributed by atoms with Gasteiger partial charge in [0.1, 0.15) is 30.1 Å². The van der Waals surface area contributed by atoms with Crippen molar-refractivity contribution in [3.8, 4) is 0 Å². The van der Waals surface area contributed by atoms with Crippen LogP contribution in [0.5, 0.6) is 0 Å². The maximum absolute atomic E-state index is 13.4. The van der Waals surface area contributed by atoms with E-state index in [0.717, 1.165) is 0 Å². The van der Waals surface area contributed by atoms with Crippen molar-refractivity contribution in [2.45, 2.75) is 62.0 Å². The highest BCUT2D eigenvalue weighted by Gasteiger charge is 2.43. The molecule has 3 saturated heterocycles. The molecular formula is C24H41B3NO16P3S. The van der Waals surface area contributed by atoms with E-state index in [2.05, 4.69) is 17.5 Å². The van der Waals surface area contributed by atoms with E-state index in [9.17, 15) is 28.6 Å². The Kier molecular flexibility index (Phi) is 18.2. The van der Waals surface area contributed by atoms with Crippen LogP contribution in [0.3, 0.4) is 0 Å². The summed E-state index contributed by atoms with van der Waals surface area (Å²) in [5.41, 5.74) is 0. The van der Waals surface area contributed by atoms with Gasteiger partial charge in [0.05, 0.1) is 64.6 Å². The highest BCUT2D eigenvalue weighted by Crippen LogP contribution is 2.54. The Hall–Kier alpha value is 0.205. The fraction of sp³-hybridized carbons (Fsp3) is 0.958. The third kappa shape index (κ3) is 14.7. The SMILES string of the molecule is [B][C@H]1C[C@@H](OP(=O)(O)OC[C@H]2CO[C@@H]([B])C[C@H]2OP(=O)(OCCCS)OCC[N+]#[C-])[C@@H](COP(=O)(O)O[C@@H]2C[C@H]([B])OC[C@@H]2CO)CO1. The summed E-state index contributed by atoms with van der Waals surface area (Å²) < 4.78 is 92.9. The Morgan fingerprint density at radius 3 is 1.62 bits per heavy atom. The fourth-order valence-electron chi connectivity index (χ4n) is 4.89. The maximum atomic E-state index is 13.4. The van der Waals surface area contributed by atoms with Crippen LogP contribution in [0.4, 0.5) is 0 Å². The molecule has 0 aromatic carbocycles. The van der Waals surface area contributed by atoms with Crippen LogP contribution in [0.15, 0.2) is 0 Å². The number of ether oxygens (including phenoxy) is 3. The van der Waals surface area contributed by atoms with Gasteiger partial charge >= 0.3 is 23.5 Å². The molecule has 0 bridgehead atoms. The fourth-order valence-corrected chi connectivity index (χ4v) is 8.54. The van der Waals surface area contributed by atoms with Crippen LogP contribution < -0.4 is 0 Å². The number of phosphoric acid groups is 3. The van der Waals surface area contributed by atoms with Gasteiger partial charge in [-0.15, -0.1) is 0 Å². The second-order valence-corrected chi connectivity index (χ2v) is 16.2. The van der Waals surface area contributed by atoms with Crippen molar-refractivity contribution >= 4 is 59.6 Å². The molecule has 0 saturated carbocycles. The molecule has 3 aliphatic heterocycles. The van der Waals surface area contributed by atoms with E-state index in [1.54, 1.807) is 0 Å². The third-order valence-corrected chi connectivity index (χ3v) is 11.4. The topological polar surface area (TPSA) is 209 Å². The Labute approximate surface area is 289 Å². The van der Waals surface area contributed by atoms with Gasteiger partial charge < -0.3 is 33.9 Å². The highest BCUT2D eigenvalue weighted by atomic mass is 32.1. The summed E-state index contributed by atoms with van der Waals surface area (Å²) in [6, 6.07) is -2.46. The lowest BCUT2D eigenvalue weighted by atomic mass is 9.86. The Balaban J connectivity index is 1.60. The van der Waals surface area contributed by atoms with Gasteiger partial charge in [-0.1, -0.05) is 0 Å². The minimum absolute atomic E-state index is 0.00220. The minimum atomic E-state index is -4.84. The Morgan fingerprint density at radius 1 is 0.729 bits per heavy atom. The molecule has 0 aromatic heterocycles. The van der Waals surface area contributed by atoms with Gasteiger partial charge in [-0.25, -0.2) is 20.3 Å². The summed E-state index contributed by atoms with van der Waals surface area (Å²) in [4.78, 5) is 24.2. The zero-order valence-electron chi connectivity index (χ0n) is 26.2. The van der Waals surface area contributed by atoms with Crippen molar-refractivity contribution < 1.29 is 74.5 Å². The molecule has 3 fully saturated rings. The predicted octanol–water partition coefficient (Wildman–Crippen LogP) is 1.34. The average Bonchev–Trinajstić information content (AvgIpc) is 3.00. The molecule has 12 atom stereocenters. The van der Waals surface area contributed by atoms with E-state index >= 15 is 0 Å². The average molecular weight is 757 g/mol. The van der Waals surface area contributed by atoms with Gasteiger partial charge in [0.2, 0.25) is 6.54 Å². The monoisotopic (exact) mass is 757 g/mol. The van der Waals surface area contributed by atoms with Crippen molar-refractivity contribution in [3.05, 3.63) is 11.4 Å². The van der Waals surface area contributed by atoms with E-state index in [4.69, 9.17) is 76.0 Å². The molecule has 3 unspecified atom stereocenters. The molecule has 3 N–H and O–H groups in total. The number of nitrogens with zero attached hydrogens (tertiary/aromatic N) is 1. The van der Waals surface area contributed by atoms with Crippen molar-refractivity contribution in [3.63, 3.8) is 0 Å². The van der Waals surface area contributed by atoms with Crippen LogP contribution in [0.1, 0.15) is 25.7 Å². The summed E-state index contributed by atoms with van der Waals surface area (Å²) in [7, 11) is 3.80. The third-order valence-electron chi connectivity index (χ3n) is 7.49. The summed E-state index contributed by atoms with van der Waals surface area (Å²) in [6.07, 6.45) is -2.62. The second-order valence-electron chi connectivity index (χ2n) is 11.3. The zero-order chi connectivity index (χ0) is 35.4. The molecule has 3 rings (SSSR count). The standard InChI is InChI=1S/C24H41B3NO16P3S/c1-28-3-5-39-47(34,38-4-2-6-48)44-21-9-24(27)37-13-18(21)15-41-46(32,33)43-20-8-23(26)36-12-17(20)14-40-45(30,31)42-19-7-22(25)35-11-16(19)10-29/h16-24,29,48H,2-15H2,(H,30,31)(H,32,33)/t16-,17+,18+,19+,20+,21+,22+,23+,24+,47?/m0/s1. The van der Waals surface area contributed by atoms with Gasteiger partial charge in [-0.05, 0) is 31.4 Å². The summed E-state index contributed by atoms with van der Waals surface area (Å²) in [5, 5.41) is 9.55. The molecule has 24 heteroatoms. The minimum Gasteiger partial charge on any atom is -0.396 e. The van der Waals surface area contributed by atoms with Crippen molar-refractivity contribution in [2.75, 3.05) is 65.2 Å². The lowest BCUT2D eigenvalue weighted by Crippen LogP contribution is -2.42. The summed E-state index contributed by atoms with van der Waals surface area (Å²) >= 11 is 4.09. The number of aliphatic hydroxyl groups is 1. The Morgan fingerprint density at radius 2 is 1.17 bits per heavy atom. The van der Waals surface area contributed by atoms with Gasteiger partial charge in [0.15, 0.2) is 0 Å². The van der Waals surface area contributed by atoms with Crippen molar-refractivity contribution in [2.24, 2.45) is 17.8 Å². The number of hydrogen-bond donors (Lipinski definition) is 4. The van der Waals surface area contributed by atoms with E-state index in [-0.39, 0.29) is 65.4 Å². The van der Waals surface area contributed by atoms with Crippen LogP contribution in [0, 0.1) is 24.3 Å². The molecule has 0 aromatic rings. The molecule has 48 heavy (non-hydrogen) atoms. The molecular weight excluding hydrogens is 716 g/mol. The molecule has 17 nitrogen and oxygen atoms in total. The van der Waals surface area contributed by atoms with Crippen LogP contribution in [0.2, 0.25) is 0 Å². The van der Waals surface area contributed by atoms with E-state index in [1.807, 2.05) is 0 Å². The number of phosphoric ester groups is 3. The second kappa shape index (κ2) is 20.4. The number of rotatable bonds is 20. The first-order valence-electron chi connectivity index (χ1n) is 15.2. The van der Waals surface area contributed by atoms with Crippen LogP contribution in [0.25, 0.3) is 4.85 Å². The quantitative estimate of drug-likeness (QED) is 0.0454. The zero-order valence-corrected chi connectivity index (χ0v) is 29.8. The Bertz CT molecular complexity index is 1180.